The van der Waals surface area contributed by atoms with E-state index in [0.717, 1.165) is 11.1 Å². The first-order valence-corrected chi connectivity index (χ1v) is 8.68. The van der Waals surface area contributed by atoms with E-state index in [-0.39, 0.29) is 4.75 Å². The summed E-state index contributed by atoms with van der Waals surface area (Å²) < 4.78 is 15.8. The van der Waals surface area contributed by atoms with Crippen molar-refractivity contribution in [2.24, 2.45) is 4.40 Å². The molecule has 0 unspecified atom stereocenters. The van der Waals surface area contributed by atoms with Crippen LogP contribution in [0, 0.1) is 0 Å². The molecule has 0 aliphatic heterocycles. The lowest BCUT2D eigenvalue weighted by Crippen LogP contribution is -2.25. The molecule has 1 N–H and O–H groups in total. The van der Waals surface area contributed by atoms with Crippen LogP contribution < -0.4 is 0 Å². The van der Waals surface area contributed by atoms with Gasteiger partial charge in [0, 0.05) is 22.7 Å². The summed E-state index contributed by atoms with van der Waals surface area (Å²) in [6.07, 6.45) is 3.71. The number of rotatable bonds is 3. The summed E-state index contributed by atoms with van der Waals surface area (Å²) in [6.45, 7) is 5.75. The summed E-state index contributed by atoms with van der Waals surface area (Å²) in [5, 5.41) is 1.17. The number of aromatic amines is 1. The molecular formula is C19H20N2OS. The Kier molecular flexibility index (Phi) is 4.28. The molecule has 1 heterocycles. The van der Waals surface area contributed by atoms with E-state index in [0.29, 0.717) is 0 Å². The molecule has 4 heteroatoms. The average Bonchev–Trinajstić information content (AvgIpc) is 2.95. The van der Waals surface area contributed by atoms with Crippen LogP contribution in [-0.4, -0.2) is 20.5 Å². The molecule has 0 spiro atoms. The van der Waals surface area contributed by atoms with Crippen molar-refractivity contribution < 1.29 is 4.55 Å². The molecule has 0 aliphatic rings. The van der Waals surface area contributed by atoms with Crippen molar-refractivity contribution in [1.29, 1.82) is 0 Å². The highest BCUT2D eigenvalue weighted by molar-refractivity contribution is 7.91. The third kappa shape index (κ3) is 3.49. The van der Waals surface area contributed by atoms with Crippen molar-refractivity contribution in [3.63, 3.8) is 0 Å². The Balaban J connectivity index is 1.91. The van der Waals surface area contributed by atoms with Crippen molar-refractivity contribution in [2.75, 3.05) is 0 Å². The van der Waals surface area contributed by atoms with Crippen molar-refractivity contribution >= 4 is 28.5 Å². The van der Waals surface area contributed by atoms with Crippen LogP contribution in [0.2, 0.25) is 0 Å². The van der Waals surface area contributed by atoms with Gasteiger partial charge in [-0.15, -0.1) is 0 Å². The van der Waals surface area contributed by atoms with Crippen LogP contribution in [0.5, 0.6) is 0 Å². The monoisotopic (exact) mass is 324 g/mol. The number of nitrogens with zero attached hydrogens (tertiary/aromatic N) is 1. The number of benzene rings is 2. The summed E-state index contributed by atoms with van der Waals surface area (Å²) in [5.74, 6) is 0. The molecule has 0 amide bonds. The number of fused-ring (bicyclic) bond motifs is 1. The van der Waals surface area contributed by atoms with Gasteiger partial charge in [0.25, 0.3) is 0 Å². The smallest absolute Gasteiger partial charge is 0.144 e. The molecule has 3 rings (SSSR count). The van der Waals surface area contributed by atoms with E-state index in [4.69, 9.17) is 0 Å². The largest absolute Gasteiger partial charge is 0.591 e. The van der Waals surface area contributed by atoms with E-state index in [1.165, 1.54) is 16.5 Å². The van der Waals surface area contributed by atoms with Gasteiger partial charge in [-0.1, -0.05) is 46.9 Å². The number of aromatic nitrogens is 1. The minimum Gasteiger partial charge on any atom is -0.591 e. The summed E-state index contributed by atoms with van der Waals surface area (Å²) in [6, 6.07) is 16.4. The van der Waals surface area contributed by atoms with Gasteiger partial charge in [0.2, 0.25) is 0 Å². The Bertz CT molecular complexity index is 831. The zero-order chi connectivity index (χ0) is 16.4. The molecule has 3 nitrogen and oxygen atoms in total. The van der Waals surface area contributed by atoms with Crippen LogP contribution in [0.3, 0.4) is 0 Å². The van der Waals surface area contributed by atoms with Crippen LogP contribution in [0.15, 0.2) is 59.1 Å². The van der Waals surface area contributed by atoms with E-state index in [1.54, 1.807) is 6.21 Å². The SMILES string of the molecule is CC(C)(C)[S@@+]([O-])/N=C/c1ccc2c(-c3ccccc3)c[nH]c2c1. The van der Waals surface area contributed by atoms with Gasteiger partial charge in [-0.3, -0.25) is 0 Å². The van der Waals surface area contributed by atoms with E-state index >= 15 is 0 Å². The van der Waals surface area contributed by atoms with Crippen LogP contribution >= 0.6 is 0 Å². The van der Waals surface area contributed by atoms with Crippen molar-refractivity contribution in [3.05, 3.63) is 60.3 Å². The number of hydrogen-bond donors (Lipinski definition) is 1. The van der Waals surface area contributed by atoms with E-state index in [2.05, 4.69) is 27.6 Å². The molecule has 2 aromatic carbocycles. The molecule has 0 saturated heterocycles. The normalized spacial score (nSPS) is 13.7. The summed E-state index contributed by atoms with van der Waals surface area (Å²) >= 11 is -1.24. The van der Waals surface area contributed by atoms with Crippen LogP contribution in [0.1, 0.15) is 26.3 Å². The molecule has 1 aromatic heterocycles. The van der Waals surface area contributed by atoms with Gasteiger partial charge in [-0.25, -0.2) is 0 Å². The topological polar surface area (TPSA) is 51.2 Å². The second-order valence-corrected chi connectivity index (χ2v) is 8.40. The lowest BCUT2D eigenvalue weighted by Gasteiger charge is -2.17. The molecular weight excluding hydrogens is 304 g/mol. The number of nitrogens with one attached hydrogen (secondary N) is 1. The molecule has 23 heavy (non-hydrogen) atoms. The van der Waals surface area contributed by atoms with Crippen molar-refractivity contribution in [2.45, 2.75) is 25.5 Å². The van der Waals surface area contributed by atoms with Gasteiger partial charge >= 0.3 is 0 Å². The van der Waals surface area contributed by atoms with Gasteiger partial charge in [-0.2, -0.15) is 0 Å². The second-order valence-electron chi connectivity index (χ2n) is 6.47. The maximum absolute atomic E-state index is 12.0. The average molecular weight is 324 g/mol. The third-order valence-electron chi connectivity index (χ3n) is 3.61. The quantitative estimate of drug-likeness (QED) is 0.550. The molecule has 0 aliphatic carbocycles. The summed E-state index contributed by atoms with van der Waals surface area (Å²) in [5.41, 5.74) is 4.36. The van der Waals surface area contributed by atoms with Crippen LogP contribution in [-0.2, 0) is 11.4 Å². The highest BCUT2D eigenvalue weighted by Crippen LogP contribution is 2.28. The number of hydrogen-bond acceptors (Lipinski definition) is 2. The fraction of sp³-hybridized carbons (Fsp3) is 0.211. The Morgan fingerprint density at radius 3 is 2.52 bits per heavy atom. The maximum Gasteiger partial charge on any atom is 0.144 e. The third-order valence-corrected chi connectivity index (χ3v) is 4.96. The fourth-order valence-corrected chi connectivity index (χ4v) is 2.88. The van der Waals surface area contributed by atoms with Gasteiger partial charge in [0.15, 0.2) is 0 Å². The first-order chi connectivity index (χ1) is 10.9. The predicted octanol–water partition coefficient (Wildman–Crippen LogP) is 4.72. The van der Waals surface area contributed by atoms with Crippen molar-refractivity contribution in [3.8, 4) is 11.1 Å². The summed E-state index contributed by atoms with van der Waals surface area (Å²) in [4.78, 5) is 3.31. The number of H-pyrrole nitrogens is 1. The van der Waals surface area contributed by atoms with Crippen LogP contribution in [0.4, 0.5) is 0 Å². The molecule has 0 radical (unpaired) electrons. The fourth-order valence-electron chi connectivity index (χ4n) is 2.35. The van der Waals surface area contributed by atoms with Gasteiger partial charge < -0.3 is 9.54 Å². The lowest BCUT2D eigenvalue weighted by atomic mass is 10.0. The van der Waals surface area contributed by atoms with E-state index in [9.17, 15) is 4.55 Å². The maximum atomic E-state index is 12.0. The Morgan fingerprint density at radius 1 is 1.09 bits per heavy atom. The molecule has 118 valence electrons. The highest BCUT2D eigenvalue weighted by atomic mass is 32.2. The molecule has 1 atom stereocenters. The first-order valence-electron chi connectivity index (χ1n) is 7.58. The zero-order valence-corrected chi connectivity index (χ0v) is 14.4. The molecule has 0 fully saturated rings. The zero-order valence-electron chi connectivity index (χ0n) is 13.5. The van der Waals surface area contributed by atoms with Crippen molar-refractivity contribution in [1.82, 2.24) is 4.98 Å². The van der Waals surface area contributed by atoms with E-state index < -0.39 is 11.4 Å². The van der Waals surface area contributed by atoms with Gasteiger partial charge in [0.1, 0.15) is 16.1 Å². The van der Waals surface area contributed by atoms with E-state index in [1.807, 2.05) is 57.3 Å². The Hall–Kier alpha value is -2.04. The molecule has 0 bridgehead atoms. The van der Waals surface area contributed by atoms with Crippen LogP contribution in [0.25, 0.3) is 22.0 Å². The first kappa shape index (κ1) is 15.8. The predicted molar refractivity (Wildman–Crippen MR) is 99.2 cm³/mol. The summed E-state index contributed by atoms with van der Waals surface area (Å²) in [7, 11) is 0. The Labute approximate surface area is 139 Å². The standard InChI is InChI=1S/C19H20N2OS/c1-19(2,3)23(22)21-12-14-9-10-16-17(13-20-18(16)11-14)15-7-5-4-6-8-15/h4-13,20H,1-3H3/b21-12+/t23-/m1/s1. The Morgan fingerprint density at radius 2 is 1.83 bits per heavy atom. The molecule has 3 aromatic rings. The molecule has 0 saturated carbocycles. The van der Waals surface area contributed by atoms with Gasteiger partial charge in [0.05, 0.1) is 6.21 Å². The highest BCUT2D eigenvalue weighted by Gasteiger charge is 2.25. The minimum absolute atomic E-state index is 0.340. The van der Waals surface area contributed by atoms with Gasteiger partial charge in [-0.05, 0) is 38.0 Å². The minimum atomic E-state index is -1.24. The lowest BCUT2D eigenvalue weighted by molar-refractivity contribution is 0.562. The second kappa shape index (κ2) is 6.22.